The van der Waals surface area contributed by atoms with Crippen molar-refractivity contribution >= 4 is 27.5 Å². The van der Waals surface area contributed by atoms with Crippen LogP contribution in [0.2, 0.25) is 0 Å². The Morgan fingerprint density at radius 3 is 2.47 bits per heavy atom. The standard InChI is InChI=1S/C24H28N2O3S/c1-16-4-5-17(2)23-22(16)25-24(30-23)29-20-12-14-26(15-13-20)21(27)11-8-18-6-9-19(28-3)10-7-18/h4-7,9-10,20H,8,11-15H2,1-3H3. The Labute approximate surface area is 181 Å². The lowest BCUT2D eigenvalue weighted by Crippen LogP contribution is -2.41. The molecule has 6 heteroatoms. The zero-order chi connectivity index (χ0) is 21.1. The van der Waals surface area contributed by atoms with E-state index in [-0.39, 0.29) is 12.0 Å². The molecule has 1 saturated heterocycles. The number of hydrogen-bond acceptors (Lipinski definition) is 5. The minimum atomic E-state index is 0.122. The van der Waals surface area contributed by atoms with E-state index in [0.29, 0.717) is 6.42 Å². The van der Waals surface area contributed by atoms with Crippen molar-refractivity contribution < 1.29 is 14.3 Å². The summed E-state index contributed by atoms with van der Waals surface area (Å²) < 4.78 is 12.6. The van der Waals surface area contributed by atoms with Gasteiger partial charge in [-0.3, -0.25) is 4.79 Å². The molecule has 2 heterocycles. The summed E-state index contributed by atoms with van der Waals surface area (Å²) in [6.45, 7) is 5.69. The Morgan fingerprint density at radius 1 is 1.10 bits per heavy atom. The van der Waals surface area contributed by atoms with Crippen molar-refractivity contribution in [3.8, 4) is 10.9 Å². The lowest BCUT2D eigenvalue weighted by Gasteiger charge is -2.31. The summed E-state index contributed by atoms with van der Waals surface area (Å²) in [6.07, 6.45) is 3.11. The van der Waals surface area contributed by atoms with Crippen LogP contribution in [0.4, 0.5) is 0 Å². The molecule has 2 aromatic carbocycles. The molecule has 1 amide bonds. The van der Waals surface area contributed by atoms with Gasteiger partial charge in [0.25, 0.3) is 5.19 Å². The molecule has 0 radical (unpaired) electrons. The molecule has 5 nitrogen and oxygen atoms in total. The van der Waals surface area contributed by atoms with E-state index in [2.05, 4.69) is 26.0 Å². The Hall–Kier alpha value is -2.60. The zero-order valence-corrected chi connectivity index (χ0v) is 18.6. The van der Waals surface area contributed by atoms with Gasteiger partial charge >= 0.3 is 0 Å². The van der Waals surface area contributed by atoms with Gasteiger partial charge in [0.1, 0.15) is 11.9 Å². The van der Waals surface area contributed by atoms with Gasteiger partial charge in [0, 0.05) is 32.4 Å². The molecule has 0 N–H and O–H groups in total. The maximum atomic E-state index is 12.6. The second-order valence-corrected chi connectivity index (χ2v) is 8.86. The van der Waals surface area contributed by atoms with Gasteiger partial charge in [-0.05, 0) is 49.1 Å². The molecule has 3 aromatic rings. The first-order chi connectivity index (χ1) is 14.5. The molecule has 30 heavy (non-hydrogen) atoms. The van der Waals surface area contributed by atoms with Gasteiger partial charge in [-0.1, -0.05) is 35.6 Å². The van der Waals surface area contributed by atoms with Crippen LogP contribution < -0.4 is 9.47 Å². The van der Waals surface area contributed by atoms with Crippen LogP contribution in [0.15, 0.2) is 36.4 Å². The second-order valence-electron chi connectivity index (χ2n) is 7.90. The van der Waals surface area contributed by atoms with Gasteiger partial charge in [0.15, 0.2) is 0 Å². The highest BCUT2D eigenvalue weighted by molar-refractivity contribution is 7.20. The molecule has 1 aliphatic rings. The number of piperidine rings is 1. The largest absolute Gasteiger partial charge is 0.497 e. The number of methoxy groups -OCH3 is 1. The first-order valence-electron chi connectivity index (χ1n) is 10.5. The van der Waals surface area contributed by atoms with E-state index in [1.54, 1.807) is 18.4 Å². The SMILES string of the molecule is COc1ccc(CCC(=O)N2CCC(Oc3nc4c(C)ccc(C)c4s3)CC2)cc1. The predicted molar refractivity (Wildman–Crippen MR) is 121 cm³/mol. The van der Waals surface area contributed by atoms with Crippen LogP contribution in [-0.4, -0.2) is 42.1 Å². The van der Waals surface area contributed by atoms with Crippen molar-refractivity contribution in [2.75, 3.05) is 20.2 Å². The summed E-state index contributed by atoms with van der Waals surface area (Å²) in [5.74, 6) is 1.06. The number of aromatic nitrogens is 1. The fourth-order valence-electron chi connectivity index (χ4n) is 3.86. The van der Waals surface area contributed by atoms with Gasteiger partial charge in [0.05, 0.1) is 17.3 Å². The van der Waals surface area contributed by atoms with E-state index in [4.69, 9.17) is 14.5 Å². The van der Waals surface area contributed by atoms with E-state index < -0.39 is 0 Å². The molecule has 0 aliphatic carbocycles. The van der Waals surface area contributed by atoms with Crippen molar-refractivity contribution in [1.82, 2.24) is 9.88 Å². The van der Waals surface area contributed by atoms with Crippen LogP contribution in [0.25, 0.3) is 10.2 Å². The molecule has 1 aromatic heterocycles. The van der Waals surface area contributed by atoms with E-state index in [1.165, 1.54) is 15.8 Å². The summed E-state index contributed by atoms with van der Waals surface area (Å²) in [5.41, 5.74) is 4.61. The number of benzene rings is 2. The van der Waals surface area contributed by atoms with E-state index in [9.17, 15) is 4.79 Å². The average molecular weight is 425 g/mol. The minimum Gasteiger partial charge on any atom is -0.497 e. The molecule has 4 rings (SSSR count). The first kappa shape index (κ1) is 20.7. The Bertz CT molecular complexity index is 982. The fourth-order valence-corrected chi connectivity index (χ4v) is 4.89. The minimum absolute atomic E-state index is 0.122. The fraction of sp³-hybridized carbons (Fsp3) is 0.417. The van der Waals surface area contributed by atoms with Crippen molar-refractivity contribution in [3.05, 3.63) is 53.1 Å². The van der Waals surface area contributed by atoms with Crippen molar-refractivity contribution in [2.45, 2.75) is 45.6 Å². The number of amides is 1. The number of nitrogens with zero attached hydrogens (tertiary/aromatic N) is 2. The maximum absolute atomic E-state index is 12.6. The number of aryl methyl sites for hydroxylation is 3. The van der Waals surface area contributed by atoms with E-state index >= 15 is 0 Å². The van der Waals surface area contributed by atoms with Crippen LogP contribution in [0.5, 0.6) is 10.9 Å². The number of thiazole rings is 1. The number of ether oxygens (including phenoxy) is 2. The third kappa shape index (κ3) is 4.59. The molecule has 0 unspecified atom stereocenters. The molecule has 0 spiro atoms. The number of carbonyl (C=O) groups excluding carboxylic acids is 1. The predicted octanol–water partition coefficient (Wildman–Crippen LogP) is 4.92. The van der Waals surface area contributed by atoms with Crippen molar-refractivity contribution in [1.29, 1.82) is 0 Å². The lowest BCUT2D eigenvalue weighted by atomic mass is 10.1. The van der Waals surface area contributed by atoms with E-state index in [0.717, 1.165) is 54.4 Å². The highest BCUT2D eigenvalue weighted by atomic mass is 32.1. The second kappa shape index (κ2) is 9.04. The Morgan fingerprint density at radius 2 is 1.80 bits per heavy atom. The summed E-state index contributed by atoms with van der Waals surface area (Å²) in [6, 6.07) is 12.2. The quantitative estimate of drug-likeness (QED) is 0.563. The number of hydrogen-bond donors (Lipinski definition) is 0. The highest BCUT2D eigenvalue weighted by Gasteiger charge is 2.24. The lowest BCUT2D eigenvalue weighted by molar-refractivity contribution is -0.132. The monoisotopic (exact) mass is 424 g/mol. The molecule has 0 atom stereocenters. The number of likely N-dealkylation sites (tertiary alicyclic amines) is 1. The highest BCUT2D eigenvalue weighted by Crippen LogP contribution is 2.33. The van der Waals surface area contributed by atoms with Gasteiger partial charge in [-0.2, -0.15) is 0 Å². The zero-order valence-electron chi connectivity index (χ0n) is 17.8. The van der Waals surface area contributed by atoms with Crippen LogP contribution >= 0.6 is 11.3 Å². The summed E-state index contributed by atoms with van der Waals surface area (Å²) in [5, 5.41) is 0.742. The van der Waals surface area contributed by atoms with Crippen LogP contribution in [0.3, 0.4) is 0 Å². The molecule has 1 aliphatic heterocycles. The Balaban J connectivity index is 1.27. The van der Waals surface area contributed by atoms with E-state index in [1.807, 2.05) is 29.2 Å². The van der Waals surface area contributed by atoms with Gasteiger partial charge < -0.3 is 14.4 Å². The summed E-state index contributed by atoms with van der Waals surface area (Å²) in [7, 11) is 1.66. The number of carbonyl (C=O) groups is 1. The topological polar surface area (TPSA) is 51.7 Å². The third-order valence-corrected chi connectivity index (χ3v) is 6.85. The summed E-state index contributed by atoms with van der Waals surface area (Å²) >= 11 is 1.62. The molecule has 1 fully saturated rings. The van der Waals surface area contributed by atoms with Crippen molar-refractivity contribution in [2.24, 2.45) is 0 Å². The first-order valence-corrected chi connectivity index (χ1v) is 11.3. The molecule has 0 saturated carbocycles. The van der Waals surface area contributed by atoms with Crippen LogP contribution in [0.1, 0.15) is 36.0 Å². The average Bonchev–Trinajstić information content (AvgIpc) is 3.20. The van der Waals surface area contributed by atoms with Crippen molar-refractivity contribution in [3.63, 3.8) is 0 Å². The number of fused-ring (bicyclic) bond motifs is 1. The van der Waals surface area contributed by atoms with Gasteiger partial charge in [0.2, 0.25) is 5.91 Å². The molecular formula is C24H28N2O3S. The third-order valence-electron chi connectivity index (χ3n) is 5.77. The normalized spacial score (nSPS) is 14.8. The van der Waals surface area contributed by atoms with Gasteiger partial charge in [-0.25, -0.2) is 4.98 Å². The smallest absolute Gasteiger partial charge is 0.274 e. The van der Waals surface area contributed by atoms with Crippen LogP contribution in [-0.2, 0) is 11.2 Å². The Kier molecular flexibility index (Phi) is 6.23. The molecule has 0 bridgehead atoms. The van der Waals surface area contributed by atoms with Gasteiger partial charge in [-0.15, -0.1) is 0 Å². The summed E-state index contributed by atoms with van der Waals surface area (Å²) in [4.78, 5) is 19.3. The molecular weight excluding hydrogens is 396 g/mol. The number of rotatable bonds is 6. The maximum Gasteiger partial charge on any atom is 0.274 e. The molecule has 158 valence electrons. The van der Waals surface area contributed by atoms with Crippen LogP contribution in [0, 0.1) is 13.8 Å².